The lowest BCUT2D eigenvalue weighted by Crippen LogP contribution is -1.35. The molecule has 0 aromatic rings. The zero-order valence-corrected chi connectivity index (χ0v) is 17.3. The van der Waals surface area contributed by atoms with Gasteiger partial charge in [0.2, 0.25) is 0 Å². The standard InChI is InChI=1S/C5H6.C3H8.5C2H6.3CH4.B.H3N.H2/c1-3-5-4-2;1-3-2;5*1-2;;;;;;/h3H,1H2,2H3;3H2,1-2H3;5*1-2H3;3*1H4;;1H3;1H/i;;;;;;;;;;;;1+2. The number of hydrogen-bond donors (Lipinski definition) is 1. The van der Waals surface area contributed by atoms with E-state index in [-0.39, 0.29) is 38.3 Å². The molecule has 23 heavy (non-hydrogen) atoms. The number of hydrogen-bond acceptors (Lipinski definition) is 1. The Morgan fingerprint density at radius 1 is 0.739 bits per heavy atom. The monoisotopic (exact) mass is 340 g/mol. The molecular formula is C21H61BN. The van der Waals surface area contributed by atoms with E-state index in [0.29, 0.717) is 0 Å². The van der Waals surface area contributed by atoms with Crippen LogP contribution in [0.25, 0.3) is 0 Å². The Labute approximate surface area is 159 Å². The van der Waals surface area contributed by atoms with Gasteiger partial charge in [0, 0.05) is 9.84 Å². The minimum atomic E-state index is 0. The van der Waals surface area contributed by atoms with Crippen molar-refractivity contribution in [2.24, 2.45) is 0 Å². The minimum absolute atomic E-state index is 0. The lowest BCUT2D eigenvalue weighted by atomic mass is 10.6. The Morgan fingerprint density at radius 2 is 0.870 bits per heavy atom. The SMILES string of the molecule is C.C.C.C=CC#CC.CC.CC.CC.CC.CC.CCC.N.[3HH].[B]. The predicted octanol–water partition coefficient (Wildman–Crippen LogP) is 9.68. The van der Waals surface area contributed by atoms with Crippen LogP contribution in [-0.2, 0) is 0 Å². The molecule has 0 aliphatic heterocycles. The summed E-state index contributed by atoms with van der Waals surface area (Å²) >= 11 is 0. The van der Waals surface area contributed by atoms with Gasteiger partial charge in [0.05, 0.1) is 0 Å². The van der Waals surface area contributed by atoms with E-state index >= 15 is 0 Å². The molecule has 0 spiro atoms. The molecule has 0 rings (SSSR count). The Hall–Kier alpha value is -0.675. The van der Waals surface area contributed by atoms with E-state index in [9.17, 15) is 0 Å². The molecule has 0 saturated carbocycles. The van der Waals surface area contributed by atoms with Gasteiger partial charge in [-0.05, 0) is 13.0 Å². The molecule has 0 amide bonds. The van der Waals surface area contributed by atoms with E-state index in [1.807, 2.05) is 69.2 Å². The first-order chi connectivity index (χ1) is 8.83. The minimum Gasteiger partial charge on any atom is -0.344 e. The van der Waals surface area contributed by atoms with Crippen LogP contribution in [-0.4, -0.2) is 8.41 Å². The zero-order chi connectivity index (χ0) is 16.8. The lowest BCUT2D eigenvalue weighted by Gasteiger charge is -1.48. The molecule has 0 aliphatic rings. The highest BCUT2D eigenvalue weighted by Gasteiger charge is 1.36. The van der Waals surface area contributed by atoms with Crippen molar-refractivity contribution in [1.82, 2.24) is 6.15 Å². The molecule has 0 aliphatic carbocycles. The van der Waals surface area contributed by atoms with E-state index in [4.69, 9.17) is 0 Å². The van der Waals surface area contributed by atoms with Crippen molar-refractivity contribution in [3.05, 3.63) is 12.7 Å². The Morgan fingerprint density at radius 3 is 0.870 bits per heavy atom. The highest BCUT2D eigenvalue weighted by atomic mass is 14.0. The van der Waals surface area contributed by atoms with Crippen LogP contribution in [0.1, 0.15) is 120 Å². The average Bonchev–Trinajstić information content (AvgIpc) is 2.51. The third-order valence-electron chi connectivity index (χ3n) is 0.246. The molecule has 3 radical (unpaired) electrons. The second-order valence-electron chi connectivity index (χ2n) is 1.31. The van der Waals surface area contributed by atoms with Crippen LogP contribution in [0.5, 0.6) is 0 Å². The third-order valence-corrected chi connectivity index (χ3v) is 0.246. The van der Waals surface area contributed by atoms with E-state index < -0.39 is 0 Å². The molecule has 3 N–H and O–H groups in total. The largest absolute Gasteiger partial charge is 0.344 e. The van der Waals surface area contributed by atoms with Gasteiger partial charge in [0.15, 0.2) is 0 Å². The van der Waals surface area contributed by atoms with Crippen LogP contribution < -0.4 is 6.15 Å². The second-order valence-corrected chi connectivity index (χ2v) is 1.31. The third kappa shape index (κ3) is 4540. The van der Waals surface area contributed by atoms with Crippen molar-refractivity contribution >= 4 is 8.41 Å². The number of rotatable bonds is 0. The summed E-state index contributed by atoms with van der Waals surface area (Å²) in [6, 6.07) is 0. The van der Waals surface area contributed by atoms with E-state index in [1.54, 1.807) is 13.0 Å². The van der Waals surface area contributed by atoms with Crippen molar-refractivity contribution in [2.75, 3.05) is 0 Å². The summed E-state index contributed by atoms with van der Waals surface area (Å²) in [5.41, 5.74) is 0. The van der Waals surface area contributed by atoms with Crippen LogP contribution in [0, 0.1) is 11.8 Å². The first-order valence-corrected chi connectivity index (χ1v) is 7.86. The molecule has 0 atom stereocenters. The summed E-state index contributed by atoms with van der Waals surface area (Å²) in [5, 5.41) is 0. The van der Waals surface area contributed by atoms with Crippen molar-refractivity contribution in [2.45, 2.75) is 119 Å². The summed E-state index contributed by atoms with van der Waals surface area (Å²) in [5.74, 6) is 5.27. The van der Waals surface area contributed by atoms with Crippen molar-refractivity contribution in [1.29, 1.82) is 0 Å². The molecule has 0 heterocycles. The maximum atomic E-state index is 3.38. The molecule has 0 aromatic carbocycles. The van der Waals surface area contributed by atoms with Gasteiger partial charge in [0.25, 0.3) is 0 Å². The van der Waals surface area contributed by atoms with Gasteiger partial charge < -0.3 is 6.15 Å². The molecule has 153 valence electrons. The van der Waals surface area contributed by atoms with Gasteiger partial charge in [0.1, 0.15) is 0 Å². The molecular weight excluding hydrogens is 277 g/mol. The Balaban J connectivity index is -0.00000000533. The zero-order valence-electron chi connectivity index (χ0n) is 17.3. The normalized spacial score (nSPS) is 3.00. The van der Waals surface area contributed by atoms with Crippen molar-refractivity contribution in [3.63, 3.8) is 0 Å². The van der Waals surface area contributed by atoms with Gasteiger partial charge in [-0.2, -0.15) is 0 Å². The molecule has 0 bridgehead atoms. The van der Waals surface area contributed by atoms with Crippen LogP contribution in [0.15, 0.2) is 12.7 Å². The van der Waals surface area contributed by atoms with Gasteiger partial charge in [-0.3, -0.25) is 0 Å². The van der Waals surface area contributed by atoms with Crippen LogP contribution in [0.4, 0.5) is 0 Å². The highest BCUT2D eigenvalue weighted by molar-refractivity contribution is 5.75. The molecule has 1 nitrogen and oxygen atoms in total. The quantitative estimate of drug-likeness (QED) is 0.345. The van der Waals surface area contributed by atoms with Crippen molar-refractivity contribution < 1.29 is 1.43 Å². The molecule has 0 saturated heterocycles. The molecule has 0 fully saturated rings. The number of allylic oxidation sites excluding steroid dienone is 1. The van der Waals surface area contributed by atoms with Crippen LogP contribution >= 0.6 is 0 Å². The lowest BCUT2D eigenvalue weighted by molar-refractivity contribution is 1.09. The van der Waals surface area contributed by atoms with Crippen LogP contribution in [0.2, 0.25) is 0 Å². The first-order valence-electron chi connectivity index (χ1n) is 7.86. The summed E-state index contributed by atoms with van der Waals surface area (Å²) in [6.45, 7) is 29.4. The fourth-order valence-corrected chi connectivity index (χ4v) is 0.102. The fraction of sp³-hybridized carbons (Fsp3) is 0.810. The first kappa shape index (κ1) is 95.2. The fourth-order valence-electron chi connectivity index (χ4n) is 0.102. The Bertz CT molecular complexity index is 97.7. The topological polar surface area (TPSA) is 35.0 Å². The van der Waals surface area contributed by atoms with E-state index in [2.05, 4.69) is 32.3 Å². The second kappa shape index (κ2) is 797. The summed E-state index contributed by atoms with van der Waals surface area (Å²) in [4.78, 5) is 0. The molecule has 2 heteroatoms. The van der Waals surface area contributed by atoms with Gasteiger partial charge in [-0.25, -0.2) is 0 Å². The van der Waals surface area contributed by atoms with E-state index in [1.165, 1.54) is 6.42 Å². The molecule has 0 aromatic heterocycles. The van der Waals surface area contributed by atoms with E-state index in [0.717, 1.165) is 0 Å². The van der Waals surface area contributed by atoms with Crippen LogP contribution in [0.3, 0.4) is 0 Å². The Kier molecular flexibility index (Phi) is 3300. The van der Waals surface area contributed by atoms with Crippen molar-refractivity contribution in [3.8, 4) is 11.8 Å². The maximum absolute atomic E-state index is 3.38. The average molecular weight is 341 g/mol. The predicted molar refractivity (Wildman–Crippen MR) is 129 cm³/mol. The van der Waals surface area contributed by atoms with Gasteiger partial charge in [-0.1, -0.05) is 124 Å². The smallest absolute Gasteiger partial charge is 0 e. The van der Waals surface area contributed by atoms with Gasteiger partial charge in [-0.15, -0.1) is 5.92 Å². The highest BCUT2D eigenvalue weighted by Crippen LogP contribution is 1.56. The van der Waals surface area contributed by atoms with Gasteiger partial charge >= 0.3 is 0 Å². The summed E-state index contributed by atoms with van der Waals surface area (Å²) in [7, 11) is 0. The summed E-state index contributed by atoms with van der Waals surface area (Å²) in [6.07, 6.45) is 2.82. The maximum Gasteiger partial charge on any atom is 0 e. The summed E-state index contributed by atoms with van der Waals surface area (Å²) < 4.78 is 0. The molecule has 0 unspecified atom stereocenters.